The van der Waals surface area contributed by atoms with Crippen LogP contribution in [0.15, 0.2) is 41.5 Å². The molecular weight excluding hydrogens is 294 g/mol. The molecule has 120 valence electrons. The first-order valence-electron chi connectivity index (χ1n) is 7.29. The minimum Gasteiger partial charge on any atom is -0.507 e. The van der Waals surface area contributed by atoms with Crippen LogP contribution in [-0.4, -0.2) is 29.2 Å². The van der Waals surface area contributed by atoms with Gasteiger partial charge in [0.1, 0.15) is 12.2 Å². The quantitative estimate of drug-likeness (QED) is 0.447. The third-order valence-electron chi connectivity index (χ3n) is 3.10. The molecule has 0 heterocycles. The number of phenolic OH excluding ortho intramolecular Hbond substituents is 1. The molecule has 2 aromatic carbocycles. The Balaban J connectivity index is 2.05. The number of hydrogen-bond donors (Lipinski definition) is 3. The molecule has 0 aliphatic heterocycles. The summed E-state index contributed by atoms with van der Waals surface area (Å²) in [6.07, 6.45) is 1.08. The Kier molecular flexibility index (Phi) is 5.30. The highest BCUT2D eigenvalue weighted by molar-refractivity contribution is 6.03. The second-order valence-corrected chi connectivity index (χ2v) is 5.41. The molecule has 23 heavy (non-hydrogen) atoms. The first-order chi connectivity index (χ1) is 11.0. The number of carbonyl (C=O) groups is 2. The van der Waals surface area contributed by atoms with Gasteiger partial charge in [-0.3, -0.25) is 9.59 Å². The van der Waals surface area contributed by atoms with Crippen molar-refractivity contribution in [1.29, 1.82) is 0 Å². The second-order valence-electron chi connectivity index (χ2n) is 5.41. The van der Waals surface area contributed by atoms with Gasteiger partial charge in [-0.05, 0) is 30.7 Å². The normalized spacial score (nSPS) is 11.1. The highest BCUT2D eigenvalue weighted by Gasteiger charge is 2.09. The fourth-order valence-corrected chi connectivity index (χ4v) is 2.15. The van der Waals surface area contributed by atoms with E-state index in [1.807, 2.05) is 38.1 Å². The molecule has 0 aliphatic rings. The molecule has 0 bridgehead atoms. The van der Waals surface area contributed by atoms with E-state index in [9.17, 15) is 14.7 Å². The fourth-order valence-electron chi connectivity index (χ4n) is 2.15. The molecule has 3 N–H and O–H groups in total. The largest absolute Gasteiger partial charge is 0.507 e. The van der Waals surface area contributed by atoms with Crippen molar-refractivity contribution in [2.75, 3.05) is 0 Å². The van der Waals surface area contributed by atoms with E-state index in [1.54, 1.807) is 12.1 Å². The van der Waals surface area contributed by atoms with Gasteiger partial charge < -0.3 is 10.4 Å². The Morgan fingerprint density at radius 3 is 2.65 bits per heavy atom. The molecule has 6 nitrogen and oxygen atoms in total. The number of rotatable bonds is 5. The molecule has 0 aromatic heterocycles. The van der Waals surface area contributed by atoms with Gasteiger partial charge in [0.15, 0.2) is 0 Å². The zero-order valence-electron chi connectivity index (χ0n) is 13.0. The van der Waals surface area contributed by atoms with Crippen molar-refractivity contribution in [3.8, 4) is 5.75 Å². The molecule has 0 saturated carbocycles. The number of hydrazone groups is 1. The van der Waals surface area contributed by atoms with Gasteiger partial charge in [0.25, 0.3) is 0 Å². The molecule has 0 unspecified atom stereocenters. The van der Waals surface area contributed by atoms with Gasteiger partial charge >= 0.3 is 0 Å². The van der Waals surface area contributed by atoms with E-state index in [0.717, 1.165) is 10.8 Å². The number of hydrogen-bond acceptors (Lipinski definition) is 4. The molecule has 0 atom stereocenters. The van der Waals surface area contributed by atoms with E-state index >= 15 is 0 Å². The Morgan fingerprint density at radius 2 is 1.91 bits per heavy atom. The molecule has 2 rings (SSSR count). The van der Waals surface area contributed by atoms with Crippen molar-refractivity contribution in [2.45, 2.75) is 26.3 Å². The van der Waals surface area contributed by atoms with E-state index in [-0.39, 0.29) is 24.1 Å². The number of nitrogens with one attached hydrogen (secondary N) is 2. The highest BCUT2D eigenvalue weighted by Crippen LogP contribution is 2.25. The predicted octanol–water partition coefficient (Wildman–Crippen LogP) is 1.91. The van der Waals surface area contributed by atoms with Gasteiger partial charge in [0, 0.05) is 11.6 Å². The van der Waals surface area contributed by atoms with Crippen LogP contribution in [0.25, 0.3) is 10.8 Å². The Morgan fingerprint density at radius 1 is 1.17 bits per heavy atom. The SMILES string of the molecule is CC(C)NC(=O)CC(=O)N/N=C\c1c(O)ccc2ccccc12. The standard InChI is InChI=1S/C17H19N3O3/c1-11(2)19-16(22)9-17(23)20-18-10-14-13-6-4-3-5-12(13)7-8-15(14)21/h3-8,10-11,21H,9H2,1-2H3,(H,19,22)(H,20,23)/b18-10-. The topological polar surface area (TPSA) is 90.8 Å². The minimum atomic E-state index is -0.515. The van der Waals surface area contributed by atoms with Crippen molar-refractivity contribution >= 4 is 28.8 Å². The summed E-state index contributed by atoms with van der Waals surface area (Å²) in [6, 6.07) is 10.9. The van der Waals surface area contributed by atoms with Crippen LogP contribution in [0.2, 0.25) is 0 Å². The van der Waals surface area contributed by atoms with E-state index in [2.05, 4.69) is 15.8 Å². The van der Waals surface area contributed by atoms with E-state index in [4.69, 9.17) is 0 Å². The number of phenols is 1. The summed E-state index contributed by atoms with van der Waals surface area (Å²) in [5.74, 6) is -0.806. The first-order valence-corrected chi connectivity index (χ1v) is 7.29. The monoisotopic (exact) mass is 313 g/mol. The minimum absolute atomic E-state index is 0.0218. The lowest BCUT2D eigenvalue weighted by Crippen LogP contribution is -2.34. The number of benzene rings is 2. The van der Waals surface area contributed by atoms with Crippen LogP contribution in [0.1, 0.15) is 25.8 Å². The van der Waals surface area contributed by atoms with Crippen LogP contribution in [0.4, 0.5) is 0 Å². The van der Waals surface area contributed by atoms with Crippen LogP contribution in [0, 0.1) is 0 Å². The average molecular weight is 313 g/mol. The third kappa shape index (κ3) is 4.54. The number of carbonyl (C=O) groups excluding carboxylic acids is 2. The number of nitrogens with zero attached hydrogens (tertiary/aromatic N) is 1. The van der Waals surface area contributed by atoms with Crippen molar-refractivity contribution in [2.24, 2.45) is 5.10 Å². The zero-order chi connectivity index (χ0) is 16.8. The molecule has 2 amide bonds. The average Bonchev–Trinajstić information content (AvgIpc) is 2.48. The van der Waals surface area contributed by atoms with Crippen LogP contribution in [-0.2, 0) is 9.59 Å². The summed E-state index contributed by atoms with van der Waals surface area (Å²) >= 11 is 0. The maximum Gasteiger partial charge on any atom is 0.249 e. The second kappa shape index (κ2) is 7.40. The lowest BCUT2D eigenvalue weighted by molar-refractivity contribution is -0.129. The Bertz CT molecular complexity index is 754. The highest BCUT2D eigenvalue weighted by atomic mass is 16.3. The third-order valence-corrected chi connectivity index (χ3v) is 3.10. The van der Waals surface area contributed by atoms with Gasteiger partial charge in [0.2, 0.25) is 11.8 Å². The summed E-state index contributed by atoms with van der Waals surface area (Å²) < 4.78 is 0. The summed E-state index contributed by atoms with van der Waals surface area (Å²) in [6.45, 7) is 3.63. The van der Waals surface area contributed by atoms with Crippen molar-refractivity contribution < 1.29 is 14.7 Å². The lowest BCUT2D eigenvalue weighted by Gasteiger charge is -2.07. The van der Waals surface area contributed by atoms with Gasteiger partial charge in [-0.15, -0.1) is 0 Å². The maximum absolute atomic E-state index is 11.6. The van der Waals surface area contributed by atoms with Crippen LogP contribution >= 0.6 is 0 Å². The van der Waals surface area contributed by atoms with Crippen LogP contribution in [0.5, 0.6) is 5.75 Å². The van der Waals surface area contributed by atoms with E-state index in [0.29, 0.717) is 5.56 Å². The Labute approximate surface area is 134 Å². The molecule has 0 radical (unpaired) electrons. The smallest absolute Gasteiger partial charge is 0.249 e. The molecule has 6 heteroatoms. The molecule has 0 aliphatic carbocycles. The summed E-state index contributed by atoms with van der Waals surface area (Å²) in [4.78, 5) is 23.1. The number of amides is 2. The lowest BCUT2D eigenvalue weighted by atomic mass is 10.0. The summed E-state index contributed by atoms with van der Waals surface area (Å²) in [7, 11) is 0. The maximum atomic E-state index is 11.6. The van der Waals surface area contributed by atoms with E-state index < -0.39 is 5.91 Å². The van der Waals surface area contributed by atoms with Gasteiger partial charge in [-0.25, -0.2) is 5.43 Å². The molecular formula is C17H19N3O3. The molecule has 0 saturated heterocycles. The summed E-state index contributed by atoms with van der Waals surface area (Å²) in [5, 5.41) is 18.2. The Hall–Kier alpha value is -2.89. The predicted molar refractivity (Wildman–Crippen MR) is 89.2 cm³/mol. The molecule has 0 spiro atoms. The van der Waals surface area contributed by atoms with Crippen molar-refractivity contribution in [3.63, 3.8) is 0 Å². The number of aromatic hydroxyl groups is 1. The van der Waals surface area contributed by atoms with Crippen molar-refractivity contribution in [3.05, 3.63) is 42.0 Å². The van der Waals surface area contributed by atoms with E-state index in [1.165, 1.54) is 6.21 Å². The van der Waals surface area contributed by atoms with Gasteiger partial charge in [-0.1, -0.05) is 30.3 Å². The molecule has 2 aromatic rings. The van der Waals surface area contributed by atoms with Crippen LogP contribution in [0.3, 0.4) is 0 Å². The van der Waals surface area contributed by atoms with Crippen molar-refractivity contribution in [1.82, 2.24) is 10.7 Å². The van der Waals surface area contributed by atoms with Gasteiger partial charge in [0.05, 0.1) is 6.21 Å². The number of fused-ring (bicyclic) bond motifs is 1. The van der Waals surface area contributed by atoms with Gasteiger partial charge in [-0.2, -0.15) is 5.10 Å². The first kappa shape index (κ1) is 16.5. The fraction of sp³-hybridized carbons (Fsp3) is 0.235. The molecule has 0 fully saturated rings. The zero-order valence-corrected chi connectivity index (χ0v) is 13.0. The van der Waals surface area contributed by atoms with Crippen LogP contribution < -0.4 is 10.7 Å². The summed E-state index contributed by atoms with van der Waals surface area (Å²) in [5.41, 5.74) is 2.80.